The van der Waals surface area contributed by atoms with Crippen LogP contribution in [0.2, 0.25) is 5.02 Å². The first-order chi connectivity index (χ1) is 7.47. The predicted molar refractivity (Wildman–Crippen MR) is 70.0 cm³/mol. The molecule has 0 aliphatic carbocycles. The number of halogens is 1. The first-order valence-electron chi connectivity index (χ1n) is 5.00. The van der Waals surface area contributed by atoms with Gasteiger partial charge in [-0.05, 0) is 36.8 Å². The van der Waals surface area contributed by atoms with E-state index in [9.17, 15) is 10.2 Å². The number of anilines is 1. The largest absolute Gasteiger partial charge is 0.398 e. The molecule has 0 bridgehead atoms. The molecule has 2 unspecified atom stereocenters. The zero-order chi connectivity index (χ0) is 12.3. The third-order valence-corrected chi connectivity index (χ3v) is 3.08. The van der Waals surface area contributed by atoms with Gasteiger partial charge in [0.15, 0.2) is 0 Å². The van der Waals surface area contributed by atoms with E-state index in [0.29, 0.717) is 28.4 Å². The molecule has 0 saturated carbocycles. The Labute approximate surface area is 106 Å². The molecule has 0 spiro atoms. The molecule has 90 valence electrons. The highest BCUT2D eigenvalue weighted by molar-refractivity contribution is 7.80. The summed E-state index contributed by atoms with van der Waals surface area (Å²) in [5.74, 6) is 0.504. The van der Waals surface area contributed by atoms with Crippen molar-refractivity contribution in [3.63, 3.8) is 0 Å². The van der Waals surface area contributed by atoms with Gasteiger partial charge in [0, 0.05) is 16.3 Å². The molecule has 0 aliphatic rings. The fourth-order valence-electron chi connectivity index (χ4n) is 1.44. The number of thiol groups is 1. The molecule has 0 aliphatic heterocycles. The van der Waals surface area contributed by atoms with Crippen LogP contribution in [0.5, 0.6) is 0 Å². The average Bonchev–Trinajstić information content (AvgIpc) is 2.23. The number of aliphatic hydroxyl groups excluding tert-OH is 2. The van der Waals surface area contributed by atoms with Crippen molar-refractivity contribution in [2.45, 2.75) is 25.6 Å². The van der Waals surface area contributed by atoms with Crippen LogP contribution < -0.4 is 5.73 Å². The maximum atomic E-state index is 9.91. The molecule has 0 amide bonds. The fraction of sp³-hybridized carbons (Fsp3) is 0.455. The lowest BCUT2D eigenvalue weighted by Gasteiger charge is -2.19. The van der Waals surface area contributed by atoms with Gasteiger partial charge in [-0.3, -0.25) is 0 Å². The number of aliphatic hydroxyl groups is 2. The molecule has 0 heterocycles. The van der Waals surface area contributed by atoms with Crippen molar-refractivity contribution in [1.29, 1.82) is 0 Å². The standard InChI is InChI=1S/C11H16ClNO2S/c1-6-4-7(8(12)5-9(6)13)11(15)10(14)2-3-16/h4-5,10-11,14-16H,2-3,13H2,1H3. The number of hydrogen-bond donors (Lipinski definition) is 4. The lowest BCUT2D eigenvalue weighted by atomic mass is 10.00. The van der Waals surface area contributed by atoms with Crippen LogP contribution >= 0.6 is 24.2 Å². The van der Waals surface area contributed by atoms with Crippen LogP contribution in [0.15, 0.2) is 12.1 Å². The van der Waals surface area contributed by atoms with Gasteiger partial charge in [-0.15, -0.1) is 0 Å². The fourth-order valence-corrected chi connectivity index (χ4v) is 1.99. The maximum absolute atomic E-state index is 9.91. The van der Waals surface area contributed by atoms with E-state index in [1.807, 2.05) is 6.92 Å². The normalized spacial score (nSPS) is 14.8. The van der Waals surface area contributed by atoms with Crippen molar-refractivity contribution in [2.75, 3.05) is 11.5 Å². The molecule has 0 aromatic heterocycles. The van der Waals surface area contributed by atoms with Crippen LogP contribution in [0, 0.1) is 6.92 Å². The Morgan fingerprint density at radius 3 is 2.62 bits per heavy atom. The number of nitrogens with two attached hydrogens (primary N) is 1. The summed E-state index contributed by atoms with van der Waals surface area (Å²) in [5.41, 5.74) is 7.59. The van der Waals surface area contributed by atoms with Crippen molar-refractivity contribution in [2.24, 2.45) is 0 Å². The molecular weight excluding hydrogens is 246 g/mol. The molecule has 1 rings (SSSR count). The molecule has 5 heteroatoms. The predicted octanol–water partition coefficient (Wildman–Crippen LogP) is 1.94. The van der Waals surface area contributed by atoms with Gasteiger partial charge in [0.25, 0.3) is 0 Å². The first-order valence-corrected chi connectivity index (χ1v) is 6.01. The maximum Gasteiger partial charge on any atom is 0.106 e. The summed E-state index contributed by atoms with van der Waals surface area (Å²) in [6.07, 6.45) is -1.46. The lowest BCUT2D eigenvalue weighted by molar-refractivity contribution is 0.0173. The van der Waals surface area contributed by atoms with Crippen molar-refractivity contribution in [1.82, 2.24) is 0 Å². The monoisotopic (exact) mass is 261 g/mol. The van der Waals surface area contributed by atoms with E-state index >= 15 is 0 Å². The Balaban J connectivity index is 2.99. The summed E-state index contributed by atoms with van der Waals surface area (Å²) in [5, 5.41) is 19.9. The summed E-state index contributed by atoms with van der Waals surface area (Å²) < 4.78 is 0. The van der Waals surface area contributed by atoms with Crippen molar-refractivity contribution < 1.29 is 10.2 Å². The van der Waals surface area contributed by atoms with Gasteiger partial charge in [-0.25, -0.2) is 0 Å². The molecule has 16 heavy (non-hydrogen) atoms. The highest BCUT2D eigenvalue weighted by atomic mass is 35.5. The Morgan fingerprint density at radius 1 is 1.44 bits per heavy atom. The molecule has 0 radical (unpaired) electrons. The average molecular weight is 262 g/mol. The van der Waals surface area contributed by atoms with Gasteiger partial charge in [0.05, 0.1) is 6.10 Å². The van der Waals surface area contributed by atoms with Gasteiger partial charge in [-0.2, -0.15) is 12.6 Å². The minimum Gasteiger partial charge on any atom is -0.398 e. The molecular formula is C11H16ClNO2S. The number of nitrogen functional groups attached to an aromatic ring is 1. The summed E-state index contributed by atoms with van der Waals surface area (Å²) in [6.45, 7) is 1.83. The molecule has 1 aromatic carbocycles. The Hall–Kier alpha value is -0.420. The van der Waals surface area contributed by atoms with Crippen molar-refractivity contribution >= 4 is 29.9 Å². The van der Waals surface area contributed by atoms with Crippen molar-refractivity contribution in [3.05, 3.63) is 28.3 Å². The molecule has 0 saturated heterocycles. The topological polar surface area (TPSA) is 66.5 Å². The van der Waals surface area contributed by atoms with Gasteiger partial charge >= 0.3 is 0 Å². The first kappa shape index (κ1) is 13.6. The van der Waals surface area contributed by atoms with E-state index in [1.165, 1.54) is 0 Å². The third-order valence-electron chi connectivity index (χ3n) is 2.49. The zero-order valence-electron chi connectivity index (χ0n) is 9.02. The minimum absolute atomic E-state index is 0.369. The highest BCUT2D eigenvalue weighted by Gasteiger charge is 2.20. The van der Waals surface area contributed by atoms with E-state index in [-0.39, 0.29) is 0 Å². The van der Waals surface area contributed by atoms with E-state index in [4.69, 9.17) is 17.3 Å². The van der Waals surface area contributed by atoms with E-state index in [0.717, 1.165) is 5.56 Å². The highest BCUT2D eigenvalue weighted by Crippen LogP contribution is 2.30. The summed E-state index contributed by atoms with van der Waals surface area (Å²) in [7, 11) is 0. The van der Waals surface area contributed by atoms with Crippen LogP contribution in [0.3, 0.4) is 0 Å². The molecule has 2 atom stereocenters. The molecule has 1 aromatic rings. The van der Waals surface area contributed by atoms with E-state index < -0.39 is 12.2 Å². The number of hydrogen-bond acceptors (Lipinski definition) is 4. The second-order valence-corrected chi connectivity index (χ2v) is 4.61. The number of aryl methyl sites for hydroxylation is 1. The summed E-state index contributed by atoms with van der Waals surface area (Å²) in [6, 6.07) is 3.28. The van der Waals surface area contributed by atoms with Gasteiger partial charge in [0.2, 0.25) is 0 Å². The summed E-state index contributed by atoms with van der Waals surface area (Å²) >= 11 is 9.98. The van der Waals surface area contributed by atoms with Crippen molar-refractivity contribution in [3.8, 4) is 0 Å². The van der Waals surface area contributed by atoms with Gasteiger partial charge in [-0.1, -0.05) is 11.6 Å². The van der Waals surface area contributed by atoms with E-state index in [1.54, 1.807) is 12.1 Å². The Morgan fingerprint density at radius 2 is 2.06 bits per heavy atom. The smallest absolute Gasteiger partial charge is 0.106 e. The lowest BCUT2D eigenvalue weighted by Crippen LogP contribution is -2.19. The van der Waals surface area contributed by atoms with Crippen LogP contribution in [-0.4, -0.2) is 22.1 Å². The second kappa shape index (κ2) is 5.77. The SMILES string of the molecule is Cc1cc(C(O)C(O)CCS)c(Cl)cc1N. The zero-order valence-corrected chi connectivity index (χ0v) is 10.7. The second-order valence-electron chi connectivity index (χ2n) is 3.75. The molecule has 4 N–H and O–H groups in total. The quantitative estimate of drug-likeness (QED) is 0.495. The van der Waals surface area contributed by atoms with Gasteiger partial charge < -0.3 is 15.9 Å². The Kier molecular flexibility index (Phi) is 4.92. The van der Waals surface area contributed by atoms with Crippen LogP contribution in [-0.2, 0) is 0 Å². The number of rotatable bonds is 4. The van der Waals surface area contributed by atoms with Crippen LogP contribution in [0.1, 0.15) is 23.7 Å². The molecule has 0 fully saturated rings. The van der Waals surface area contributed by atoms with Crippen LogP contribution in [0.25, 0.3) is 0 Å². The number of benzene rings is 1. The molecule has 3 nitrogen and oxygen atoms in total. The van der Waals surface area contributed by atoms with Gasteiger partial charge in [0.1, 0.15) is 6.10 Å². The van der Waals surface area contributed by atoms with Crippen LogP contribution in [0.4, 0.5) is 5.69 Å². The summed E-state index contributed by atoms with van der Waals surface area (Å²) in [4.78, 5) is 0. The minimum atomic E-state index is -1.00. The van der Waals surface area contributed by atoms with E-state index in [2.05, 4.69) is 12.6 Å². The third kappa shape index (κ3) is 3.04. The Bertz CT molecular complexity index is 373.